The summed E-state index contributed by atoms with van der Waals surface area (Å²) in [4.78, 5) is 16.1. The molecule has 4 nitrogen and oxygen atoms in total. The molecule has 0 fully saturated rings. The van der Waals surface area contributed by atoms with Crippen molar-refractivity contribution in [3.8, 4) is 0 Å². The second-order valence-corrected chi connectivity index (χ2v) is 7.22. The first-order chi connectivity index (χ1) is 12.4. The van der Waals surface area contributed by atoms with Gasteiger partial charge in [0, 0.05) is 16.6 Å². The van der Waals surface area contributed by atoms with Gasteiger partial charge >= 0.3 is 5.97 Å². The quantitative estimate of drug-likeness (QED) is 0.672. The van der Waals surface area contributed by atoms with Gasteiger partial charge in [-0.3, -0.25) is 0 Å². The van der Waals surface area contributed by atoms with E-state index in [0.717, 1.165) is 27.7 Å². The molecule has 0 amide bonds. The highest BCUT2D eigenvalue weighted by molar-refractivity contribution is 5.96. The number of aromatic amines is 1. The minimum atomic E-state index is -1.01. The van der Waals surface area contributed by atoms with Gasteiger partial charge in [0.2, 0.25) is 0 Å². The molecular formula is C22H21NO3. The smallest absolute Gasteiger partial charge is 0.339 e. The van der Waals surface area contributed by atoms with Gasteiger partial charge < -0.3 is 14.8 Å². The highest BCUT2D eigenvalue weighted by Crippen LogP contribution is 2.43. The number of hydrogen-bond donors (Lipinski definition) is 2. The topological polar surface area (TPSA) is 62.3 Å². The maximum Gasteiger partial charge on any atom is 0.339 e. The number of aryl methyl sites for hydroxylation is 1. The summed E-state index contributed by atoms with van der Waals surface area (Å²) in [5.74, 6) is -0.897. The molecule has 0 spiro atoms. The Bertz CT molecular complexity index is 1030. The van der Waals surface area contributed by atoms with Gasteiger partial charge in [-0.1, -0.05) is 48.5 Å². The van der Waals surface area contributed by atoms with E-state index in [4.69, 9.17) is 4.74 Å². The van der Waals surface area contributed by atoms with Crippen LogP contribution in [0.2, 0.25) is 0 Å². The van der Waals surface area contributed by atoms with Crippen LogP contribution in [-0.2, 0) is 9.53 Å². The number of carbonyl (C=O) groups is 1. The standard InChI is InChI=1S/C22H21NO3/c1-13-15-11-7-8-12-16(15)23-19(13)17(14-9-5-4-6-10-14)18-20(24)22(2,3)26-21(18)25/h4-12,17,23-24H,1-3H3. The normalized spacial score (nSPS) is 17.6. The molecule has 1 aliphatic heterocycles. The number of cyclic esters (lactones) is 1. The maximum atomic E-state index is 12.7. The Balaban J connectivity index is 2.00. The number of hydrogen-bond acceptors (Lipinski definition) is 3. The summed E-state index contributed by atoms with van der Waals surface area (Å²) >= 11 is 0. The monoisotopic (exact) mass is 347 g/mol. The molecule has 26 heavy (non-hydrogen) atoms. The van der Waals surface area contributed by atoms with E-state index >= 15 is 0 Å². The van der Waals surface area contributed by atoms with Crippen LogP contribution in [0.25, 0.3) is 10.9 Å². The van der Waals surface area contributed by atoms with Gasteiger partial charge in [0.1, 0.15) is 5.76 Å². The van der Waals surface area contributed by atoms with Crippen LogP contribution >= 0.6 is 0 Å². The molecule has 0 saturated carbocycles. The number of rotatable bonds is 3. The summed E-state index contributed by atoms with van der Waals surface area (Å²) in [6, 6.07) is 17.8. The second-order valence-electron chi connectivity index (χ2n) is 7.22. The van der Waals surface area contributed by atoms with E-state index in [0.29, 0.717) is 5.57 Å². The lowest BCUT2D eigenvalue weighted by Crippen LogP contribution is -2.22. The number of benzene rings is 2. The summed E-state index contributed by atoms with van der Waals surface area (Å²) < 4.78 is 5.43. The van der Waals surface area contributed by atoms with Gasteiger partial charge in [0.25, 0.3) is 0 Å². The summed E-state index contributed by atoms with van der Waals surface area (Å²) in [7, 11) is 0. The Morgan fingerprint density at radius 2 is 1.69 bits per heavy atom. The number of para-hydroxylation sites is 1. The van der Waals surface area contributed by atoms with Crippen LogP contribution in [0.4, 0.5) is 0 Å². The molecular weight excluding hydrogens is 326 g/mol. The minimum absolute atomic E-state index is 0.00518. The SMILES string of the molecule is Cc1c(C(C2=C(O)C(C)(C)OC2=O)c2ccccc2)[nH]c2ccccc12. The van der Waals surface area contributed by atoms with E-state index in [1.54, 1.807) is 13.8 Å². The van der Waals surface area contributed by atoms with Gasteiger partial charge in [-0.2, -0.15) is 0 Å². The van der Waals surface area contributed by atoms with E-state index in [1.807, 2.05) is 55.5 Å². The molecule has 1 atom stereocenters. The third kappa shape index (κ3) is 2.41. The predicted octanol–water partition coefficient (Wildman–Crippen LogP) is 4.76. The van der Waals surface area contributed by atoms with Crippen molar-refractivity contribution < 1.29 is 14.6 Å². The Hall–Kier alpha value is -3.01. The lowest BCUT2D eigenvalue weighted by atomic mass is 9.85. The number of carbonyl (C=O) groups excluding carboxylic acids is 1. The van der Waals surface area contributed by atoms with Crippen LogP contribution in [0.3, 0.4) is 0 Å². The lowest BCUT2D eigenvalue weighted by molar-refractivity contribution is -0.145. The molecule has 4 rings (SSSR count). The fourth-order valence-electron chi connectivity index (χ4n) is 3.73. The van der Waals surface area contributed by atoms with Crippen LogP contribution in [0.15, 0.2) is 65.9 Å². The zero-order valence-electron chi connectivity index (χ0n) is 15.0. The molecule has 0 radical (unpaired) electrons. The van der Waals surface area contributed by atoms with Crippen molar-refractivity contribution in [1.82, 2.24) is 4.98 Å². The Morgan fingerprint density at radius 1 is 1.04 bits per heavy atom. The van der Waals surface area contributed by atoms with E-state index in [1.165, 1.54) is 0 Å². The molecule has 132 valence electrons. The zero-order valence-corrected chi connectivity index (χ0v) is 15.0. The average molecular weight is 347 g/mol. The number of aliphatic hydroxyl groups excluding tert-OH is 1. The molecule has 2 heterocycles. The van der Waals surface area contributed by atoms with E-state index < -0.39 is 17.5 Å². The predicted molar refractivity (Wildman–Crippen MR) is 101 cm³/mol. The maximum absolute atomic E-state index is 12.7. The molecule has 1 aromatic heterocycles. The molecule has 4 heteroatoms. The van der Waals surface area contributed by atoms with Crippen LogP contribution in [0.1, 0.15) is 36.6 Å². The number of aromatic nitrogens is 1. The lowest BCUT2D eigenvalue weighted by Gasteiger charge is -2.18. The molecule has 2 N–H and O–H groups in total. The summed E-state index contributed by atoms with van der Waals surface area (Å²) in [6.45, 7) is 5.44. The highest BCUT2D eigenvalue weighted by atomic mass is 16.6. The van der Waals surface area contributed by atoms with Gasteiger partial charge in [0.05, 0.1) is 11.5 Å². The van der Waals surface area contributed by atoms with Crippen molar-refractivity contribution in [2.45, 2.75) is 32.3 Å². The zero-order chi connectivity index (χ0) is 18.5. The molecule has 1 aliphatic rings. The summed E-state index contributed by atoms with van der Waals surface area (Å²) in [5.41, 5.74) is 3.18. The Labute approximate surface area is 152 Å². The number of ether oxygens (including phenoxy) is 1. The average Bonchev–Trinajstić information content (AvgIpc) is 3.05. The molecule has 0 aliphatic carbocycles. The van der Waals surface area contributed by atoms with Gasteiger partial charge in [-0.25, -0.2) is 4.79 Å². The molecule has 1 unspecified atom stereocenters. The van der Waals surface area contributed by atoms with Crippen LogP contribution in [0, 0.1) is 6.92 Å². The highest BCUT2D eigenvalue weighted by Gasteiger charge is 2.45. The molecule has 0 bridgehead atoms. The van der Waals surface area contributed by atoms with Crippen molar-refractivity contribution in [3.05, 3.63) is 82.8 Å². The van der Waals surface area contributed by atoms with Gasteiger partial charge in [-0.15, -0.1) is 0 Å². The number of fused-ring (bicyclic) bond motifs is 1. The van der Waals surface area contributed by atoms with Gasteiger partial charge in [0.15, 0.2) is 5.60 Å². The van der Waals surface area contributed by atoms with Gasteiger partial charge in [-0.05, 0) is 38.0 Å². The fourth-order valence-corrected chi connectivity index (χ4v) is 3.73. The van der Waals surface area contributed by atoms with E-state index in [2.05, 4.69) is 11.1 Å². The second kappa shape index (κ2) is 5.77. The number of nitrogens with one attached hydrogen (secondary N) is 1. The summed E-state index contributed by atoms with van der Waals surface area (Å²) in [6.07, 6.45) is 0. The third-order valence-electron chi connectivity index (χ3n) is 5.11. The number of aliphatic hydroxyl groups is 1. The van der Waals surface area contributed by atoms with E-state index in [-0.39, 0.29) is 5.76 Å². The van der Waals surface area contributed by atoms with Crippen LogP contribution in [0.5, 0.6) is 0 Å². The number of esters is 1. The first kappa shape index (κ1) is 16.5. The van der Waals surface area contributed by atoms with Crippen LogP contribution in [-0.4, -0.2) is 21.7 Å². The van der Waals surface area contributed by atoms with Crippen molar-refractivity contribution in [3.63, 3.8) is 0 Å². The first-order valence-electron chi connectivity index (χ1n) is 8.69. The molecule has 3 aromatic rings. The molecule has 2 aromatic carbocycles. The van der Waals surface area contributed by atoms with Crippen molar-refractivity contribution >= 4 is 16.9 Å². The Kier molecular flexibility index (Phi) is 3.65. The Morgan fingerprint density at radius 3 is 2.31 bits per heavy atom. The molecule has 0 saturated heterocycles. The van der Waals surface area contributed by atoms with Crippen molar-refractivity contribution in [1.29, 1.82) is 0 Å². The fraction of sp³-hybridized carbons (Fsp3) is 0.227. The van der Waals surface area contributed by atoms with Crippen molar-refractivity contribution in [2.75, 3.05) is 0 Å². The first-order valence-corrected chi connectivity index (χ1v) is 8.69. The van der Waals surface area contributed by atoms with E-state index in [9.17, 15) is 9.90 Å². The van der Waals surface area contributed by atoms with Crippen molar-refractivity contribution in [2.24, 2.45) is 0 Å². The number of H-pyrrole nitrogens is 1. The largest absolute Gasteiger partial charge is 0.507 e. The third-order valence-corrected chi connectivity index (χ3v) is 5.11. The minimum Gasteiger partial charge on any atom is -0.507 e. The summed E-state index contributed by atoms with van der Waals surface area (Å²) in [5, 5.41) is 11.9. The van der Waals surface area contributed by atoms with Crippen LogP contribution < -0.4 is 0 Å².